The summed E-state index contributed by atoms with van der Waals surface area (Å²) in [7, 11) is 0. The molecule has 2 fully saturated rings. The third kappa shape index (κ3) is 1.03. The Morgan fingerprint density at radius 3 is 2.91 bits per heavy atom. The molecule has 1 aliphatic carbocycles. The molecule has 3 heteroatoms. The van der Waals surface area contributed by atoms with E-state index < -0.39 is 5.97 Å². The van der Waals surface area contributed by atoms with Crippen LogP contribution in [0.15, 0.2) is 0 Å². The summed E-state index contributed by atoms with van der Waals surface area (Å²) in [5.74, 6) is -0.752. The van der Waals surface area contributed by atoms with Crippen LogP contribution in [-0.4, -0.2) is 24.3 Å². The van der Waals surface area contributed by atoms with E-state index in [0.29, 0.717) is 6.61 Å². The standard InChI is InChI=1S/C8H12O3/c9-7(10)6-4-8(6)2-1-3-11-5-8/h6H,1-5H2,(H,9,10)/t6-,8-/m0/s1. The molecule has 2 atom stereocenters. The molecule has 2 rings (SSSR count). The van der Waals surface area contributed by atoms with Crippen molar-refractivity contribution in [1.29, 1.82) is 0 Å². The van der Waals surface area contributed by atoms with Crippen molar-refractivity contribution in [3.05, 3.63) is 0 Å². The SMILES string of the molecule is O=C(O)[C@@H]1C[C@]12CCCOC2. The van der Waals surface area contributed by atoms with Crippen LogP contribution >= 0.6 is 0 Å². The third-order valence-electron chi connectivity index (χ3n) is 2.84. The summed E-state index contributed by atoms with van der Waals surface area (Å²) in [5.41, 5.74) is 0.0457. The molecule has 2 aliphatic rings. The minimum Gasteiger partial charge on any atom is -0.481 e. The van der Waals surface area contributed by atoms with Crippen molar-refractivity contribution in [2.45, 2.75) is 19.3 Å². The number of carbonyl (C=O) groups is 1. The first-order valence-corrected chi connectivity index (χ1v) is 4.05. The Balaban J connectivity index is 1.99. The number of carboxylic acids is 1. The van der Waals surface area contributed by atoms with Crippen molar-refractivity contribution in [2.75, 3.05) is 13.2 Å². The first-order chi connectivity index (χ1) is 5.25. The van der Waals surface area contributed by atoms with Crippen LogP contribution < -0.4 is 0 Å². The zero-order valence-corrected chi connectivity index (χ0v) is 6.38. The van der Waals surface area contributed by atoms with Gasteiger partial charge in [-0.15, -0.1) is 0 Å². The summed E-state index contributed by atoms with van der Waals surface area (Å²) in [6.07, 6.45) is 2.91. The number of ether oxygens (including phenoxy) is 1. The molecule has 3 nitrogen and oxygen atoms in total. The van der Waals surface area contributed by atoms with Crippen LogP contribution in [0.4, 0.5) is 0 Å². The molecule has 0 aromatic heterocycles. The van der Waals surface area contributed by atoms with E-state index in [0.717, 1.165) is 25.9 Å². The second-order valence-corrected chi connectivity index (χ2v) is 3.61. The van der Waals surface area contributed by atoms with Gasteiger partial charge in [0.15, 0.2) is 0 Å². The topological polar surface area (TPSA) is 46.5 Å². The largest absolute Gasteiger partial charge is 0.481 e. The predicted octanol–water partition coefficient (Wildman–Crippen LogP) is 0.888. The normalized spacial score (nSPS) is 42.4. The van der Waals surface area contributed by atoms with E-state index in [9.17, 15) is 4.79 Å². The fraction of sp³-hybridized carbons (Fsp3) is 0.875. The van der Waals surface area contributed by atoms with E-state index >= 15 is 0 Å². The number of carboxylic acid groups (broad SMARTS) is 1. The highest BCUT2D eigenvalue weighted by atomic mass is 16.5. The molecule has 0 aromatic carbocycles. The average Bonchev–Trinajstić information content (AvgIpc) is 2.66. The highest BCUT2D eigenvalue weighted by Crippen LogP contribution is 2.57. The predicted molar refractivity (Wildman–Crippen MR) is 38.2 cm³/mol. The molecule has 0 amide bonds. The van der Waals surface area contributed by atoms with E-state index in [-0.39, 0.29) is 11.3 Å². The lowest BCUT2D eigenvalue weighted by molar-refractivity contribution is -0.140. The average molecular weight is 156 g/mol. The number of rotatable bonds is 1. The number of hydrogen-bond donors (Lipinski definition) is 1. The molecular formula is C8H12O3. The highest BCUT2D eigenvalue weighted by molar-refractivity contribution is 5.74. The monoisotopic (exact) mass is 156 g/mol. The van der Waals surface area contributed by atoms with Crippen LogP contribution in [0.25, 0.3) is 0 Å². The Labute approximate surface area is 65.4 Å². The lowest BCUT2D eigenvalue weighted by Crippen LogP contribution is -2.22. The Kier molecular flexibility index (Phi) is 1.42. The molecule has 11 heavy (non-hydrogen) atoms. The molecule has 62 valence electrons. The van der Waals surface area contributed by atoms with Gasteiger partial charge in [0.25, 0.3) is 0 Å². The maximum atomic E-state index is 10.6. The van der Waals surface area contributed by atoms with Crippen LogP contribution in [0.1, 0.15) is 19.3 Å². The zero-order chi connectivity index (χ0) is 7.90. The summed E-state index contributed by atoms with van der Waals surface area (Å²) in [6, 6.07) is 0. The van der Waals surface area contributed by atoms with Gasteiger partial charge in [-0.05, 0) is 19.3 Å². The Hall–Kier alpha value is -0.570. The van der Waals surface area contributed by atoms with Crippen molar-refractivity contribution in [3.63, 3.8) is 0 Å². The van der Waals surface area contributed by atoms with Gasteiger partial charge in [-0.2, -0.15) is 0 Å². The maximum absolute atomic E-state index is 10.6. The van der Waals surface area contributed by atoms with Gasteiger partial charge in [0, 0.05) is 12.0 Å². The van der Waals surface area contributed by atoms with Crippen LogP contribution in [0.2, 0.25) is 0 Å². The van der Waals surface area contributed by atoms with Gasteiger partial charge < -0.3 is 9.84 Å². The highest BCUT2D eigenvalue weighted by Gasteiger charge is 2.58. The summed E-state index contributed by atoms with van der Waals surface area (Å²) in [4.78, 5) is 10.6. The minimum absolute atomic E-state index is 0.0457. The lowest BCUT2D eigenvalue weighted by Gasteiger charge is -2.21. The number of hydrogen-bond acceptors (Lipinski definition) is 2. The Bertz CT molecular complexity index is 182. The minimum atomic E-state index is -0.643. The molecular weight excluding hydrogens is 144 g/mol. The van der Waals surface area contributed by atoms with Gasteiger partial charge in [0.1, 0.15) is 0 Å². The van der Waals surface area contributed by atoms with Crippen molar-refractivity contribution in [3.8, 4) is 0 Å². The molecule has 1 N–H and O–H groups in total. The van der Waals surface area contributed by atoms with E-state index in [1.807, 2.05) is 0 Å². The van der Waals surface area contributed by atoms with Crippen LogP contribution in [0.5, 0.6) is 0 Å². The maximum Gasteiger partial charge on any atom is 0.307 e. The number of aliphatic carboxylic acids is 1. The molecule has 1 spiro atoms. The van der Waals surface area contributed by atoms with E-state index in [1.165, 1.54) is 0 Å². The second-order valence-electron chi connectivity index (χ2n) is 3.61. The molecule has 1 saturated heterocycles. The first kappa shape index (κ1) is 7.10. The molecule has 0 aromatic rings. The third-order valence-corrected chi connectivity index (χ3v) is 2.84. The van der Waals surface area contributed by atoms with Crippen molar-refractivity contribution in [1.82, 2.24) is 0 Å². The van der Waals surface area contributed by atoms with Crippen LogP contribution in [-0.2, 0) is 9.53 Å². The molecule has 1 aliphatic heterocycles. The van der Waals surface area contributed by atoms with E-state index in [2.05, 4.69) is 0 Å². The lowest BCUT2D eigenvalue weighted by atomic mass is 9.96. The van der Waals surface area contributed by atoms with Gasteiger partial charge in [-0.1, -0.05) is 0 Å². The summed E-state index contributed by atoms with van der Waals surface area (Å²) >= 11 is 0. The smallest absolute Gasteiger partial charge is 0.307 e. The van der Waals surface area contributed by atoms with Gasteiger partial charge in [-0.3, -0.25) is 4.79 Å². The molecule has 0 radical (unpaired) electrons. The summed E-state index contributed by atoms with van der Waals surface area (Å²) in [6.45, 7) is 1.48. The molecule has 1 saturated carbocycles. The summed E-state index contributed by atoms with van der Waals surface area (Å²) < 4.78 is 5.26. The summed E-state index contributed by atoms with van der Waals surface area (Å²) in [5, 5.41) is 8.72. The quantitative estimate of drug-likeness (QED) is 0.613. The fourth-order valence-corrected chi connectivity index (χ4v) is 2.01. The van der Waals surface area contributed by atoms with Crippen molar-refractivity contribution >= 4 is 5.97 Å². The van der Waals surface area contributed by atoms with Crippen LogP contribution in [0, 0.1) is 11.3 Å². The van der Waals surface area contributed by atoms with Gasteiger partial charge >= 0.3 is 5.97 Å². The van der Waals surface area contributed by atoms with E-state index in [1.54, 1.807) is 0 Å². The van der Waals surface area contributed by atoms with Gasteiger partial charge in [0.05, 0.1) is 12.5 Å². The first-order valence-electron chi connectivity index (χ1n) is 4.05. The van der Waals surface area contributed by atoms with Crippen molar-refractivity contribution < 1.29 is 14.6 Å². The molecule has 1 heterocycles. The van der Waals surface area contributed by atoms with Gasteiger partial charge in [0.2, 0.25) is 0 Å². The van der Waals surface area contributed by atoms with E-state index in [4.69, 9.17) is 9.84 Å². The zero-order valence-electron chi connectivity index (χ0n) is 6.38. The Morgan fingerprint density at radius 1 is 1.64 bits per heavy atom. The fourth-order valence-electron chi connectivity index (χ4n) is 2.01. The van der Waals surface area contributed by atoms with Crippen LogP contribution in [0.3, 0.4) is 0 Å². The molecule has 0 unspecified atom stereocenters. The second kappa shape index (κ2) is 2.21. The Morgan fingerprint density at radius 2 is 2.45 bits per heavy atom. The van der Waals surface area contributed by atoms with Gasteiger partial charge in [-0.25, -0.2) is 0 Å². The van der Waals surface area contributed by atoms with Crippen molar-refractivity contribution in [2.24, 2.45) is 11.3 Å². The molecule has 0 bridgehead atoms.